The Balaban J connectivity index is 2.24. The first-order chi connectivity index (χ1) is 9.56. The Hall–Kier alpha value is -1.79. The van der Waals surface area contributed by atoms with Crippen LogP contribution in [-0.2, 0) is 14.4 Å². The Morgan fingerprint density at radius 3 is 2.85 bits per heavy atom. The fraction of sp³-hybridized carbons (Fsp3) is 0.385. The summed E-state index contributed by atoms with van der Waals surface area (Å²) in [5, 5.41) is 0.499. The van der Waals surface area contributed by atoms with E-state index in [0.29, 0.717) is 16.5 Å². The van der Waals surface area contributed by atoms with Crippen molar-refractivity contribution in [3.8, 4) is 5.75 Å². The van der Waals surface area contributed by atoms with Crippen LogP contribution in [0.15, 0.2) is 18.2 Å². The number of methoxy groups -OCH3 is 1. The molecule has 1 heterocycles. The van der Waals surface area contributed by atoms with Gasteiger partial charge in [0.25, 0.3) is 0 Å². The van der Waals surface area contributed by atoms with Gasteiger partial charge in [-0.1, -0.05) is 11.6 Å². The van der Waals surface area contributed by atoms with Crippen LogP contribution in [0.4, 0.5) is 5.69 Å². The summed E-state index contributed by atoms with van der Waals surface area (Å²) in [6.45, 7) is 0.269. The van der Waals surface area contributed by atoms with E-state index in [0.717, 1.165) is 0 Å². The Morgan fingerprint density at radius 2 is 2.20 bits per heavy atom. The number of hydroxylamine groups is 1. The molecule has 108 valence electrons. The van der Waals surface area contributed by atoms with Gasteiger partial charge >= 0.3 is 0 Å². The van der Waals surface area contributed by atoms with Crippen LogP contribution in [0.3, 0.4) is 0 Å². The normalized spacial score (nSPS) is 18.2. The molecule has 1 aromatic rings. The molecule has 7 heteroatoms. The number of anilines is 1. The van der Waals surface area contributed by atoms with Crippen molar-refractivity contribution in [2.75, 3.05) is 25.7 Å². The lowest BCUT2D eigenvalue weighted by Gasteiger charge is -2.19. The van der Waals surface area contributed by atoms with Crippen molar-refractivity contribution in [3.05, 3.63) is 23.2 Å². The second-order valence-electron chi connectivity index (χ2n) is 4.39. The van der Waals surface area contributed by atoms with E-state index in [9.17, 15) is 9.59 Å². The van der Waals surface area contributed by atoms with E-state index in [1.54, 1.807) is 18.2 Å². The monoisotopic (exact) mass is 298 g/mol. The first-order valence-corrected chi connectivity index (χ1v) is 6.41. The number of hydrogen-bond donors (Lipinski definition) is 1. The quantitative estimate of drug-likeness (QED) is 0.853. The highest BCUT2D eigenvalue weighted by Gasteiger charge is 2.36. The molecule has 0 aromatic heterocycles. The number of amides is 2. The molecule has 0 bridgehead atoms. The molecule has 0 radical (unpaired) electrons. The summed E-state index contributed by atoms with van der Waals surface area (Å²) in [5.41, 5.74) is 2.81. The Bertz CT molecular complexity index is 535. The average molecular weight is 299 g/mol. The molecule has 20 heavy (non-hydrogen) atoms. The molecule has 1 N–H and O–H groups in total. The molecular weight excluding hydrogens is 284 g/mol. The van der Waals surface area contributed by atoms with Gasteiger partial charge in [-0.25, -0.2) is 5.48 Å². The minimum Gasteiger partial charge on any atom is -0.495 e. The molecule has 1 fully saturated rings. The van der Waals surface area contributed by atoms with E-state index in [1.807, 2.05) is 0 Å². The van der Waals surface area contributed by atoms with Gasteiger partial charge in [-0.2, -0.15) is 0 Å². The van der Waals surface area contributed by atoms with E-state index in [4.69, 9.17) is 16.3 Å². The summed E-state index contributed by atoms with van der Waals surface area (Å²) in [4.78, 5) is 29.9. The lowest BCUT2D eigenvalue weighted by atomic mass is 10.1. The fourth-order valence-corrected chi connectivity index (χ4v) is 2.34. The summed E-state index contributed by atoms with van der Waals surface area (Å²) in [6, 6.07) is 5.02. The zero-order valence-electron chi connectivity index (χ0n) is 11.2. The summed E-state index contributed by atoms with van der Waals surface area (Å²) >= 11 is 5.96. The van der Waals surface area contributed by atoms with Crippen LogP contribution in [0.2, 0.25) is 5.02 Å². The molecule has 0 spiro atoms. The van der Waals surface area contributed by atoms with Crippen molar-refractivity contribution in [3.63, 3.8) is 0 Å². The van der Waals surface area contributed by atoms with Crippen molar-refractivity contribution in [2.45, 2.75) is 6.42 Å². The number of nitrogens with zero attached hydrogens (tertiary/aromatic N) is 1. The van der Waals surface area contributed by atoms with Crippen molar-refractivity contribution < 1.29 is 19.2 Å². The number of carbonyl (C=O) groups is 2. The maximum atomic E-state index is 12.1. The van der Waals surface area contributed by atoms with E-state index in [2.05, 4.69) is 10.3 Å². The van der Waals surface area contributed by atoms with Crippen LogP contribution in [0, 0.1) is 5.92 Å². The van der Waals surface area contributed by atoms with Crippen molar-refractivity contribution in [2.24, 2.45) is 5.92 Å². The van der Waals surface area contributed by atoms with Crippen molar-refractivity contribution in [1.82, 2.24) is 5.48 Å². The van der Waals surface area contributed by atoms with Gasteiger partial charge in [-0.05, 0) is 18.2 Å². The Labute approximate surface area is 121 Å². The predicted octanol–water partition coefficient (Wildman–Crippen LogP) is 1.38. The topological polar surface area (TPSA) is 67.9 Å². The van der Waals surface area contributed by atoms with Gasteiger partial charge in [-0.15, -0.1) is 0 Å². The third-order valence-electron chi connectivity index (χ3n) is 3.13. The van der Waals surface area contributed by atoms with Crippen LogP contribution in [0.5, 0.6) is 5.75 Å². The maximum Gasteiger partial charge on any atom is 0.248 e. The largest absolute Gasteiger partial charge is 0.495 e. The number of ether oxygens (including phenoxy) is 1. The van der Waals surface area contributed by atoms with Gasteiger partial charge in [-0.3, -0.25) is 14.4 Å². The molecule has 0 unspecified atom stereocenters. The lowest BCUT2D eigenvalue weighted by molar-refractivity contribution is -0.135. The average Bonchev–Trinajstić information content (AvgIpc) is 2.81. The molecule has 0 aliphatic carbocycles. The highest BCUT2D eigenvalue weighted by molar-refractivity contribution is 6.31. The summed E-state index contributed by atoms with van der Waals surface area (Å²) in [6.07, 6.45) is 0.130. The fourth-order valence-electron chi connectivity index (χ4n) is 2.17. The zero-order chi connectivity index (χ0) is 14.7. The van der Waals surface area contributed by atoms with E-state index in [-0.39, 0.29) is 24.8 Å². The van der Waals surface area contributed by atoms with Gasteiger partial charge in [0.05, 0.1) is 25.8 Å². The number of halogens is 1. The van der Waals surface area contributed by atoms with E-state index in [1.165, 1.54) is 19.1 Å². The first kappa shape index (κ1) is 14.6. The molecule has 1 atom stereocenters. The minimum absolute atomic E-state index is 0.130. The molecular formula is C13H15ClN2O4. The first-order valence-electron chi connectivity index (χ1n) is 6.03. The smallest absolute Gasteiger partial charge is 0.248 e. The van der Waals surface area contributed by atoms with Crippen LogP contribution in [-0.4, -0.2) is 32.6 Å². The van der Waals surface area contributed by atoms with Crippen LogP contribution in [0.1, 0.15) is 6.42 Å². The van der Waals surface area contributed by atoms with Gasteiger partial charge in [0.1, 0.15) is 5.75 Å². The second kappa shape index (κ2) is 6.11. The molecule has 1 aliphatic rings. The number of carbonyl (C=O) groups excluding carboxylic acids is 2. The van der Waals surface area contributed by atoms with E-state index >= 15 is 0 Å². The zero-order valence-corrected chi connectivity index (χ0v) is 11.9. The molecule has 1 aromatic carbocycles. The summed E-state index contributed by atoms with van der Waals surface area (Å²) < 4.78 is 5.23. The van der Waals surface area contributed by atoms with Gasteiger partial charge in [0.15, 0.2) is 0 Å². The molecule has 2 rings (SSSR count). The third-order valence-corrected chi connectivity index (χ3v) is 3.37. The van der Waals surface area contributed by atoms with E-state index < -0.39 is 5.92 Å². The molecule has 6 nitrogen and oxygen atoms in total. The van der Waals surface area contributed by atoms with Gasteiger partial charge < -0.3 is 9.64 Å². The number of hydrogen-bond acceptors (Lipinski definition) is 4. The molecule has 1 saturated heterocycles. The number of benzene rings is 1. The second-order valence-corrected chi connectivity index (χ2v) is 4.83. The minimum atomic E-state index is -0.453. The lowest BCUT2D eigenvalue weighted by Crippen LogP contribution is -2.32. The Kier molecular flexibility index (Phi) is 4.46. The predicted molar refractivity (Wildman–Crippen MR) is 73.6 cm³/mol. The van der Waals surface area contributed by atoms with Gasteiger partial charge in [0, 0.05) is 18.0 Å². The number of rotatable bonds is 4. The Morgan fingerprint density at radius 1 is 1.45 bits per heavy atom. The SMILES string of the molecule is CONC(=O)[C@H]1CC(=O)N(c2cc(Cl)ccc2OC)C1. The van der Waals surface area contributed by atoms with Gasteiger partial charge in [0.2, 0.25) is 11.8 Å². The third kappa shape index (κ3) is 2.86. The van der Waals surface area contributed by atoms with Crippen LogP contribution in [0.25, 0.3) is 0 Å². The van der Waals surface area contributed by atoms with Crippen LogP contribution >= 0.6 is 11.6 Å². The number of nitrogens with one attached hydrogen (secondary N) is 1. The van der Waals surface area contributed by atoms with Crippen molar-refractivity contribution in [1.29, 1.82) is 0 Å². The highest BCUT2D eigenvalue weighted by Crippen LogP contribution is 2.35. The maximum absolute atomic E-state index is 12.1. The molecule has 2 amide bonds. The highest BCUT2D eigenvalue weighted by atomic mass is 35.5. The van der Waals surface area contributed by atoms with Crippen molar-refractivity contribution >= 4 is 29.1 Å². The molecule has 1 aliphatic heterocycles. The van der Waals surface area contributed by atoms with Crippen LogP contribution < -0.4 is 15.1 Å². The summed E-state index contributed by atoms with van der Waals surface area (Å²) in [7, 11) is 2.87. The molecule has 0 saturated carbocycles. The summed E-state index contributed by atoms with van der Waals surface area (Å²) in [5.74, 6) is -0.382. The standard InChI is InChI=1S/C13H15ClN2O4/c1-19-11-4-3-9(14)6-10(11)16-7-8(5-12(16)17)13(18)15-20-2/h3-4,6,8H,5,7H2,1-2H3,(H,15,18)/t8-/m0/s1.